The zero-order chi connectivity index (χ0) is 14.2. The van der Waals surface area contributed by atoms with Gasteiger partial charge in [0.2, 0.25) is 10.0 Å². The van der Waals surface area contributed by atoms with Crippen LogP contribution < -0.4 is 4.72 Å². The molecular formula is C13H16N4O2S. The molecule has 2 heterocycles. The molecule has 7 heteroatoms. The van der Waals surface area contributed by atoms with Crippen LogP contribution in [0.5, 0.6) is 0 Å². The third kappa shape index (κ3) is 2.82. The molecule has 0 aromatic carbocycles. The van der Waals surface area contributed by atoms with Gasteiger partial charge in [-0.2, -0.15) is 5.26 Å². The SMILES string of the molecule is N#Cc1ccc(S(=O)(=O)NC2CCN(C3CC3)C2)cn1. The summed E-state index contributed by atoms with van der Waals surface area (Å²) in [5.74, 6) is 0. The number of nitrogens with zero attached hydrogens (tertiary/aromatic N) is 3. The maximum atomic E-state index is 12.2. The van der Waals surface area contributed by atoms with Crippen LogP contribution in [0.25, 0.3) is 0 Å². The van der Waals surface area contributed by atoms with Crippen molar-refractivity contribution in [2.24, 2.45) is 0 Å². The Kier molecular flexibility index (Phi) is 3.46. The van der Waals surface area contributed by atoms with Gasteiger partial charge in [-0.05, 0) is 31.4 Å². The number of hydrogen-bond acceptors (Lipinski definition) is 5. The van der Waals surface area contributed by atoms with Gasteiger partial charge in [-0.25, -0.2) is 18.1 Å². The van der Waals surface area contributed by atoms with Gasteiger partial charge in [0.25, 0.3) is 0 Å². The molecule has 6 nitrogen and oxygen atoms in total. The molecule has 0 spiro atoms. The quantitative estimate of drug-likeness (QED) is 0.871. The van der Waals surface area contributed by atoms with Crippen LogP contribution in [0.1, 0.15) is 25.0 Å². The molecule has 1 aliphatic heterocycles. The monoisotopic (exact) mass is 292 g/mol. The number of rotatable bonds is 4. The highest BCUT2D eigenvalue weighted by Crippen LogP contribution is 2.30. The first-order valence-electron chi connectivity index (χ1n) is 6.71. The summed E-state index contributed by atoms with van der Waals surface area (Å²) in [6.07, 6.45) is 4.55. The molecule has 1 saturated carbocycles. The Labute approximate surface area is 118 Å². The first-order valence-corrected chi connectivity index (χ1v) is 8.19. The molecule has 1 saturated heterocycles. The smallest absolute Gasteiger partial charge is 0.242 e. The van der Waals surface area contributed by atoms with E-state index in [-0.39, 0.29) is 16.6 Å². The Balaban J connectivity index is 1.67. The number of nitrogens with one attached hydrogen (secondary N) is 1. The maximum Gasteiger partial charge on any atom is 0.242 e. The summed E-state index contributed by atoms with van der Waals surface area (Å²) in [5.41, 5.74) is 0.213. The van der Waals surface area contributed by atoms with Gasteiger partial charge in [0, 0.05) is 31.4 Å². The molecule has 2 aliphatic rings. The van der Waals surface area contributed by atoms with Crippen LogP contribution in [0.3, 0.4) is 0 Å². The number of sulfonamides is 1. The van der Waals surface area contributed by atoms with Crippen molar-refractivity contribution in [2.45, 2.75) is 36.2 Å². The first-order chi connectivity index (χ1) is 9.58. The molecule has 20 heavy (non-hydrogen) atoms. The van der Waals surface area contributed by atoms with Gasteiger partial charge in [-0.1, -0.05) is 0 Å². The van der Waals surface area contributed by atoms with Gasteiger partial charge in [-0.15, -0.1) is 0 Å². The highest BCUT2D eigenvalue weighted by Gasteiger charge is 2.35. The highest BCUT2D eigenvalue weighted by atomic mass is 32.2. The lowest BCUT2D eigenvalue weighted by Crippen LogP contribution is -2.37. The van der Waals surface area contributed by atoms with Gasteiger partial charge in [0.15, 0.2) is 0 Å². The summed E-state index contributed by atoms with van der Waals surface area (Å²) in [4.78, 5) is 6.26. The van der Waals surface area contributed by atoms with Crippen molar-refractivity contribution in [1.82, 2.24) is 14.6 Å². The summed E-state index contributed by atoms with van der Waals surface area (Å²) >= 11 is 0. The van der Waals surface area contributed by atoms with Crippen molar-refractivity contribution in [3.63, 3.8) is 0 Å². The van der Waals surface area contributed by atoms with Crippen LogP contribution in [0.15, 0.2) is 23.2 Å². The normalized spacial score (nSPS) is 23.6. The molecule has 0 bridgehead atoms. The van der Waals surface area contributed by atoms with Gasteiger partial charge in [0.05, 0.1) is 0 Å². The van der Waals surface area contributed by atoms with E-state index in [1.54, 1.807) is 0 Å². The van der Waals surface area contributed by atoms with E-state index in [0.717, 1.165) is 19.5 Å². The van der Waals surface area contributed by atoms with E-state index in [2.05, 4.69) is 14.6 Å². The van der Waals surface area contributed by atoms with E-state index < -0.39 is 10.0 Å². The van der Waals surface area contributed by atoms with Crippen LogP contribution in [0.4, 0.5) is 0 Å². The molecule has 1 aromatic heterocycles. The second-order valence-corrected chi connectivity index (χ2v) is 7.04. The molecule has 1 atom stereocenters. The fourth-order valence-corrected chi connectivity index (χ4v) is 3.75. The minimum Gasteiger partial charge on any atom is -0.299 e. The molecule has 3 rings (SSSR count). The highest BCUT2D eigenvalue weighted by molar-refractivity contribution is 7.89. The number of nitriles is 1. The zero-order valence-electron chi connectivity index (χ0n) is 11.0. The Morgan fingerprint density at radius 1 is 1.35 bits per heavy atom. The van der Waals surface area contributed by atoms with Crippen molar-refractivity contribution in [3.8, 4) is 6.07 Å². The van der Waals surface area contributed by atoms with Crippen LogP contribution in [-0.2, 0) is 10.0 Å². The van der Waals surface area contributed by atoms with Gasteiger partial charge < -0.3 is 0 Å². The van der Waals surface area contributed by atoms with E-state index in [0.29, 0.717) is 6.04 Å². The van der Waals surface area contributed by atoms with Crippen molar-refractivity contribution in [3.05, 3.63) is 24.0 Å². The van der Waals surface area contributed by atoms with Crippen molar-refractivity contribution >= 4 is 10.0 Å². The Morgan fingerprint density at radius 3 is 2.75 bits per heavy atom. The third-order valence-corrected chi connectivity index (χ3v) is 5.27. The fraction of sp³-hybridized carbons (Fsp3) is 0.538. The Hall–Kier alpha value is -1.49. The largest absolute Gasteiger partial charge is 0.299 e. The molecule has 1 N–H and O–H groups in total. The summed E-state index contributed by atoms with van der Waals surface area (Å²) in [6, 6.07) is 5.34. The molecule has 106 valence electrons. The number of hydrogen-bond donors (Lipinski definition) is 1. The van der Waals surface area contributed by atoms with E-state index >= 15 is 0 Å². The third-order valence-electron chi connectivity index (χ3n) is 3.77. The number of aromatic nitrogens is 1. The lowest BCUT2D eigenvalue weighted by Gasteiger charge is -2.15. The number of pyridine rings is 1. The lowest BCUT2D eigenvalue weighted by molar-refractivity contribution is 0.322. The topological polar surface area (TPSA) is 86.1 Å². The van der Waals surface area contributed by atoms with E-state index in [9.17, 15) is 8.42 Å². The average Bonchev–Trinajstić information content (AvgIpc) is 3.20. The Morgan fingerprint density at radius 2 is 2.15 bits per heavy atom. The summed E-state index contributed by atoms with van der Waals surface area (Å²) < 4.78 is 27.2. The summed E-state index contributed by atoms with van der Waals surface area (Å²) in [6.45, 7) is 1.75. The number of likely N-dealkylation sites (tertiary alicyclic amines) is 1. The van der Waals surface area contributed by atoms with Gasteiger partial charge in [-0.3, -0.25) is 4.90 Å². The van der Waals surface area contributed by atoms with Crippen LogP contribution >= 0.6 is 0 Å². The second kappa shape index (κ2) is 5.13. The molecule has 2 fully saturated rings. The molecule has 0 radical (unpaired) electrons. The molecule has 1 aliphatic carbocycles. The van der Waals surface area contributed by atoms with Gasteiger partial charge >= 0.3 is 0 Å². The van der Waals surface area contributed by atoms with Crippen molar-refractivity contribution < 1.29 is 8.42 Å². The fourth-order valence-electron chi connectivity index (χ4n) is 2.55. The van der Waals surface area contributed by atoms with Crippen molar-refractivity contribution in [2.75, 3.05) is 13.1 Å². The second-order valence-electron chi connectivity index (χ2n) is 5.32. The molecular weight excluding hydrogens is 276 g/mol. The van der Waals surface area contributed by atoms with E-state index in [1.807, 2.05) is 6.07 Å². The molecule has 1 unspecified atom stereocenters. The zero-order valence-corrected chi connectivity index (χ0v) is 11.8. The van der Waals surface area contributed by atoms with Crippen LogP contribution in [0, 0.1) is 11.3 Å². The Bertz CT molecular complexity index is 631. The predicted octanol–water partition coefficient (Wildman–Crippen LogP) is 0.468. The van der Waals surface area contributed by atoms with E-state index in [1.165, 1.54) is 31.2 Å². The van der Waals surface area contributed by atoms with Crippen LogP contribution in [0.2, 0.25) is 0 Å². The standard InChI is InChI=1S/C13H16N4O2S/c14-7-10-1-4-13(8-15-10)20(18,19)16-11-5-6-17(9-11)12-2-3-12/h1,4,8,11-12,16H,2-3,5-6,9H2. The van der Waals surface area contributed by atoms with Gasteiger partial charge in [0.1, 0.15) is 16.7 Å². The van der Waals surface area contributed by atoms with Crippen LogP contribution in [-0.4, -0.2) is 43.5 Å². The molecule has 0 amide bonds. The predicted molar refractivity (Wildman–Crippen MR) is 72.3 cm³/mol. The first kappa shape index (κ1) is 13.5. The summed E-state index contributed by atoms with van der Waals surface area (Å²) in [7, 11) is -3.55. The average molecular weight is 292 g/mol. The summed E-state index contributed by atoms with van der Waals surface area (Å²) in [5, 5.41) is 8.67. The molecule has 1 aromatic rings. The lowest BCUT2D eigenvalue weighted by atomic mass is 10.3. The minimum absolute atomic E-state index is 0.0313. The van der Waals surface area contributed by atoms with Crippen molar-refractivity contribution in [1.29, 1.82) is 5.26 Å². The maximum absolute atomic E-state index is 12.2. The minimum atomic E-state index is -3.55. The van der Waals surface area contributed by atoms with E-state index in [4.69, 9.17) is 5.26 Å².